The minimum atomic E-state index is 0. The molecule has 5 heteroatoms. The molecule has 0 saturated heterocycles. The van der Waals surface area contributed by atoms with E-state index in [9.17, 15) is 0 Å². The van der Waals surface area contributed by atoms with E-state index in [0.717, 1.165) is 0 Å². The maximum absolute atomic E-state index is 0. The van der Waals surface area contributed by atoms with Crippen molar-refractivity contribution in [3.8, 4) is 0 Å². The van der Waals surface area contributed by atoms with Crippen LogP contribution < -0.4 is 0 Å². The summed E-state index contributed by atoms with van der Waals surface area (Å²) in [4.78, 5) is 0. The van der Waals surface area contributed by atoms with Gasteiger partial charge in [-0.05, 0) is 11.0 Å². The molecule has 5 heavy (non-hydrogen) atoms. The third-order valence-corrected chi connectivity index (χ3v) is 0. The van der Waals surface area contributed by atoms with E-state index < -0.39 is 0 Å². The molecule has 0 aromatic rings. The zero-order valence-corrected chi connectivity index (χ0v) is 11.8. The molecule has 0 saturated carbocycles. The second-order valence-corrected chi connectivity index (χ2v) is 0. The van der Waals surface area contributed by atoms with Gasteiger partial charge in [-0.3, -0.25) is 0 Å². The Labute approximate surface area is 80.5 Å². The van der Waals surface area contributed by atoms with E-state index in [4.69, 9.17) is 0 Å². The fourth-order valence-corrected chi connectivity index (χ4v) is 0. The molecule has 0 heterocycles. The Hall–Kier alpha value is 2.59. The minimum absolute atomic E-state index is 0. The van der Waals surface area contributed by atoms with Crippen LogP contribution in [-0.2, 0) is 36.5 Å². The average molecular weight is 316 g/mol. The average Bonchev–Trinajstić information content (AvgIpc) is 0. The van der Waals surface area contributed by atoms with Crippen molar-refractivity contribution in [1.82, 2.24) is 0 Å². The number of rotatable bonds is 0. The van der Waals surface area contributed by atoms with Crippen molar-refractivity contribution in [1.29, 1.82) is 0 Å². The summed E-state index contributed by atoms with van der Waals surface area (Å²) in [6, 6.07) is 0. The molecule has 3 radical (unpaired) electrons. The van der Waals surface area contributed by atoms with Gasteiger partial charge in [-0.2, -0.15) is 9.90 Å². The fraction of sp³-hybridized carbons (Fsp3) is 0. The molecule has 35 valence electrons. The Balaban J connectivity index is 0. The molecule has 1 unspecified atom stereocenters. The van der Waals surface area contributed by atoms with E-state index in [1.54, 1.807) is 0 Å². The Kier molecular flexibility index (Phi) is 302. The van der Waals surface area contributed by atoms with Crippen molar-refractivity contribution in [2.75, 3.05) is 0 Å². The second kappa shape index (κ2) is 30.7. The first-order valence-corrected chi connectivity index (χ1v) is 0. The molecular formula is H9CuPSiSnZn. The molecule has 0 aliphatic rings. The summed E-state index contributed by atoms with van der Waals surface area (Å²) in [6.45, 7) is 0. The van der Waals surface area contributed by atoms with Gasteiger partial charge >= 0.3 is 23.9 Å². The van der Waals surface area contributed by atoms with Gasteiger partial charge in [0.25, 0.3) is 0 Å². The van der Waals surface area contributed by atoms with Crippen LogP contribution in [0.2, 0.25) is 0 Å². The summed E-state index contributed by atoms with van der Waals surface area (Å²) in [6.07, 6.45) is 0. The standard InChI is InChI=1S/Cu.H3P.H4Si.Sn.Zn.2H/h;1H3;1H4;;;;. The molecule has 1 atom stereocenters. The first-order valence-electron chi connectivity index (χ1n) is 0. The largest absolute Gasteiger partial charge is 0 e. The van der Waals surface area contributed by atoms with Crippen LogP contribution >= 0.6 is 9.90 Å². The molecular weight excluding hydrogens is 307 g/mol. The van der Waals surface area contributed by atoms with Crippen LogP contribution in [0.1, 0.15) is 0 Å². The minimum Gasteiger partial charge on any atom is 0 e. The van der Waals surface area contributed by atoms with Gasteiger partial charge < -0.3 is 0 Å². The SMILES string of the molecule is P.[Cu].[SiH4].[SnH2].[Zn]. The van der Waals surface area contributed by atoms with Gasteiger partial charge in [0.2, 0.25) is 0 Å². The zero-order chi connectivity index (χ0) is 0. The number of hydrogen-bond donors (Lipinski definition) is 0. The summed E-state index contributed by atoms with van der Waals surface area (Å²) in [5.74, 6) is 0. The van der Waals surface area contributed by atoms with Gasteiger partial charge in [-0.1, -0.05) is 0 Å². The summed E-state index contributed by atoms with van der Waals surface area (Å²) < 4.78 is 0. The predicted octanol–water partition coefficient (Wildman–Crippen LogP) is -2.31. The molecule has 0 aliphatic carbocycles. The summed E-state index contributed by atoms with van der Waals surface area (Å²) in [5.41, 5.74) is 0. The van der Waals surface area contributed by atoms with Crippen LogP contribution in [0, 0.1) is 0 Å². The monoisotopic (exact) mass is 315 g/mol. The summed E-state index contributed by atoms with van der Waals surface area (Å²) >= 11 is 0. The molecule has 0 aliphatic heterocycles. The Morgan fingerprint density at radius 2 is 1.00 bits per heavy atom. The van der Waals surface area contributed by atoms with E-state index >= 15 is 0 Å². The van der Waals surface area contributed by atoms with Crippen LogP contribution in [0.5, 0.6) is 0 Å². The maximum Gasteiger partial charge on any atom is 0 e. The molecule has 0 spiro atoms. The van der Waals surface area contributed by atoms with Crippen LogP contribution in [0.4, 0.5) is 0 Å². The molecule has 0 amide bonds. The maximum atomic E-state index is 0. The van der Waals surface area contributed by atoms with Gasteiger partial charge in [0.15, 0.2) is 0 Å². The number of hydrogen-bond acceptors (Lipinski definition) is 0. The molecule has 0 rings (SSSR count). The van der Waals surface area contributed by atoms with E-state index in [0.29, 0.717) is 0 Å². The van der Waals surface area contributed by atoms with Gasteiger partial charge in [0.1, 0.15) is 0 Å². The van der Waals surface area contributed by atoms with E-state index in [2.05, 4.69) is 0 Å². The third kappa shape index (κ3) is 20.7. The van der Waals surface area contributed by atoms with Crippen molar-refractivity contribution in [3.63, 3.8) is 0 Å². The fourth-order valence-electron chi connectivity index (χ4n) is 0. The van der Waals surface area contributed by atoms with Gasteiger partial charge in [0, 0.05) is 36.5 Å². The molecule has 0 N–H and O–H groups in total. The van der Waals surface area contributed by atoms with E-state index in [-0.39, 0.29) is 81.3 Å². The molecule has 0 aromatic carbocycles. The second-order valence-electron chi connectivity index (χ2n) is 0. The van der Waals surface area contributed by atoms with Crippen molar-refractivity contribution in [3.05, 3.63) is 0 Å². The zero-order valence-electron chi connectivity index (χ0n) is 2.42. The van der Waals surface area contributed by atoms with Crippen molar-refractivity contribution < 1.29 is 36.5 Å². The topological polar surface area (TPSA) is 0 Å². The molecule has 0 nitrogen and oxygen atoms in total. The predicted molar refractivity (Wildman–Crippen MR) is 31.0 cm³/mol. The van der Waals surface area contributed by atoms with Gasteiger partial charge in [0.05, 0.1) is 0 Å². The van der Waals surface area contributed by atoms with Crippen LogP contribution in [0.15, 0.2) is 0 Å². The van der Waals surface area contributed by atoms with Gasteiger partial charge in [-0.25, -0.2) is 0 Å². The quantitative estimate of drug-likeness (QED) is 0.348. The molecule has 0 fully saturated rings. The first-order chi connectivity index (χ1) is 0. The van der Waals surface area contributed by atoms with Gasteiger partial charge in [-0.15, -0.1) is 0 Å². The van der Waals surface area contributed by atoms with E-state index in [1.165, 1.54) is 0 Å². The Morgan fingerprint density at radius 3 is 1.00 bits per heavy atom. The van der Waals surface area contributed by atoms with Crippen molar-refractivity contribution in [2.24, 2.45) is 0 Å². The molecule has 0 aromatic heterocycles. The van der Waals surface area contributed by atoms with Crippen LogP contribution in [-0.4, -0.2) is 34.9 Å². The third-order valence-electron chi connectivity index (χ3n) is 0. The summed E-state index contributed by atoms with van der Waals surface area (Å²) in [5, 5.41) is 0. The molecule has 0 bridgehead atoms. The Bertz CT molecular complexity index is 11.6. The summed E-state index contributed by atoms with van der Waals surface area (Å²) in [7, 11) is 0. The van der Waals surface area contributed by atoms with Crippen molar-refractivity contribution >= 4 is 44.8 Å². The first kappa shape index (κ1) is 49.2. The normalized spacial score (nSPS) is 0. The van der Waals surface area contributed by atoms with Crippen LogP contribution in [0.3, 0.4) is 0 Å². The smallest absolute Gasteiger partial charge is 0 e. The Morgan fingerprint density at radius 1 is 1.00 bits per heavy atom. The van der Waals surface area contributed by atoms with Crippen molar-refractivity contribution in [2.45, 2.75) is 0 Å². The van der Waals surface area contributed by atoms with Crippen LogP contribution in [0.25, 0.3) is 0 Å². The van der Waals surface area contributed by atoms with E-state index in [1.807, 2.05) is 0 Å².